The molecule has 1 fully saturated rings. The molecule has 0 spiro atoms. The Morgan fingerprint density at radius 2 is 1.89 bits per heavy atom. The summed E-state index contributed by atoms with van der Waals surface area (Å²) in [6.07, 6.45) is 0.948. The number of anilines is 1. The first-order chi connectivity index (χ1) is 13.5. The van der Waals surface area contributed by atoms with E-state index in [0.717, 1.165) is 17.0 Å². The van der Waals surface area contributed by atoms with Crippen LogP contribution in [0, 0.1) is 5.92 Å². The van der Waals surface area contributed by atoms with Crippen LogP contribution in [0.3, 0.4) is 0 Å². The first kappa shape index (κ1) is 19.9. The van der Waals surface area contributed by atoms with Crippen LogP contribution in [0.25, 0.3) is 0 Å². The number of methoxy groups -OCH3 is 1. The summed E-state index contributed by atoms with van der Waals surface area (Å²) in [5, 5.41) is 2.97. The van der Waals surface area contributed by atoms with Crippen molar-refractivity contribution in [2.24, 2.45) is 5.92 Å². The molecule has 2 aromatic rings. The molecule has 148 valence electrons. The average molecular weight is 380 g/mol. The fraction of sp³-hybridized carbons (Fsp3) is 0.391. The molecule has 3 rings (SSSR count). The number of nitrogens with one attached hydrogen (secondary N) is 1. The minimum Gasteiger partial charge on any atom is -0.496 e. The minimum atomic E-state index is -0.310. The highest BCUT2D eigenvalue weighted by Gasteiger charge is 2.34. The summed E-state index contributed by atoms with van der Waals surface area (Å²) in [6, 6.07) is 15.8. The van der Waals surface area contributed by atoms with E-state index in [1.165, 1.54) is 5.56 Å². The second kappa shape index (κ2) is 8.91. The van der Waals surface area contributed by atoms with E-state index >= 15 is 0 Å². The number of para-hydroxylation sites is 1. The maximum absolute atomic E-state index is 12.5. The van der Waals surface area contributed by atoms with Crippen LogP contribution in [0.4, 0.5) is 5.69 Å². The van der Waals surface area contributed by atoms with Crippen molar-refractivity contribution in [1.82, 2.24) is 5.32 Å². The molecule has 2 aromatic carbocycles. The Morgan fingerprint density at radius 3 is 2.57 bits per heavy atom. The van der Waals surface area contributed by atoms with Gasteiger partial charge in [0.2, 0.25) is 11.8 Å². The molecule has 1 unspecified atom stereocenters. The molecule has 0 aromatic heterocycles. The van der Waals surface area contributed by atoms with Crippen LogP contribution in [0.15, 0.2) is 48.5 Å². The van der Waals surface area contributed by atoms with Crippen molar-refractivity contribution < 1.29 is 14.3 Å². The third-order valence-electron chi connectivity index (χ3n) is 5.25. The molecule has 0 radical (unpaired) electrons. The van der Waals surface area contributed by atoms with E-state index < -0.39 is 0 Å². The van der Waals surface area contributed by atoms with Gasteiger partial charge in [-0.25, -0.2) is 0 Å². The predicted octanol–water partition coefficient (Wildman–Crippen LogP) is 3.53. The second-order valence-corrected chi connectivity index (χ2v) is 7.50. The van der Waals surface area contributed by atoms with Crippen molar-refractivity contribution in [3.63, 3.8) is 0 Å². The highest BCUT2D eigenvalue weighted by Crippen LogP contribution is 2.27. The van der Waals surface area contributed by atoms with Crippen LogP contribution in [-0.2, 0) is 16.0 Å². The molecule has 1 aliphatic rings. The van der Waals surface area contributed by atoms with Gasteiger partial charge < -0.3 is 15.0 Å². The molecule has 1 N–H and O–H groups in total. The summed E-state index contributed by atoms with van der Waals surface area (Å²) in [7, 11) is 1.64. The second-order valence-electron chi connectivity index (χ2n) is 7.50. The number of hydrogen-bond acceptors (Lipinski definition) is 3. The Kier molecular flexibility index (Phi) is 6.34. The summed E-state index contributed by atoms with van der Waals surface area (Å²) in [5.41, 5.74) is 3.15. The third-order valence-corrected chi connectivity index (χ3v) is 5.25. The zero-order chi connectivity index (χ0) is 20.1. The van der Waals surface area contributed by atoms with Crippen LogP contribution < -0.4 is 15.0 Å². The molecule has 5 nitrogen and oxygen atoms in total. The lowest BCUT2D eigenvalue weighted by atomic mass is 10.0. The van der Waals surface area contributed by atoms with Crippen LogP contribution in [0.2, 0.25) is 0 Å². The van der Waals surface area contributed by atoms with E-state index in [2.05, 4.69) is 19.2 Å². The molecule has 0 saturated carbocycles. The predicted molar refractivity (Wildman–Crippen MR) is 111 cm³/mol. The van der Waals surface area contributed by atoms with E-state index in [9.17, 15) is 9.59 Å². The van der Waals surface area contributed by atoms with Gasteiger partial charge in [0.1, 0.15) is 5.75 Å². The van der Waals surface area contributed by atoms with Crippen LogP contribution in [-0.4, -0.2) is 32.0 Å². The molecular formula is C23H28N2O3. The Balaban J connectivity index is 1.54. The van der Waals surface area contributed by atoms with Gasteiger partial charge in [0.05, 0.1) is 13.0 Å². The Morgan fingerprint density at radius 1 is 1.18 bits per heavy atom. The number of carbonyl (C=O) groups is 2. The summed E-state index contributed by atoms with van der Waals surface area (Å²) < 4.78 is 5.34. The van der Waals surface area contributed by atoms with Crippen molar-refractivity contribution in [3.8, 4) is 5.75 Å². The first-order valence-corrected chi connectivity index (χ1v) is 9.79. The number of rotatable bonds is 7. The number of amides is 2. The quantitative estimate of drug-likeness (QED) is 0.799. The molecule has 0 bridgehead atoms. The SMILES string of the molecule is COc1ccccc1CCNC(=O)C1CC(=O)N(c2ccc(C(C)C)cc2)C1. The number of carbonyl (C=O) groups excluding carboxylic acids is 2. The van der Waals surface area contributed by atoms with Gasteiger partial charge in [0, 0.05) is 25.2 Å². The van der Waals surface area contributed by atoms with E-state index in [1.54, 1.807) is 12.0 Å². The largest absolute Gasteiger partial charge is 0.496 e. The lowest BCUT2D eigenvalue weighted by Crippen LogP contribution is -2.34. The molecular weight excluding hydrogens is 352 g/mol. The van der Waals surface area contributed by atoms with E-state index in [0.29, 0.717) is 25.4 Å². The van der Waals surface area contributed by atoms with Gasteiger partial charge >= 0.3 is 0 Å². The normalized spacial score (nSPS) is 16.5. The van der Waals surface area contributed by atoms with E-state index in [4.69, 9.17) is 4.74 Å². The monoisotopic (exact) mass is 380 g/mol. The topological polar surface area (TPSA) is 58.6 Å². The van der Waals surface area contributed by atoms with E-state index in [1.807, 2.05) is 48.5 Å². The average Bonchev–Trinajstić information content (AvgIpc) is 3.10. The number of benzene rings is 2. The number of hydrogen-bond donors (Lipinski definition) is 1. The zero-order valence-corrected chi connectivity index (χ0v) is 16.8. The van der Waals surface area contributed by atoms with Gasteiger partial charge in [-0.05, 0) is 41.7 Å². The lowest BCUT2D eigenvalue weighted by Gasteiger charge is -2.18. The van der Waals surface area contributed by atoms with E-state index in [-0.39, 0.29) is 24.2 Å². The van der Waals surface area contributed by atoms with Crippen molar-refractivity contribution in [3.05, 3.63) is 59.7 Å². The van der Waals surface area contributed by atoms with Crippen molar-refractivity contribution in [1.29, 1.82) is 0 Å². The van der Waals surface area contributed by atoms with Crippen molar-refractivity contribution >= 4 is 17.5 Å². The van der Waals surface area contributed by atoms with Gasteiger partial charge in [-0.1, -0.05) is 44.2 Å². The lowest BCUT2D eigenvalue weighted by molar-refractivity contribution is -0.126. The van der Waals surface area contributed by atoms with Crippen LogP contribution in [0.1, 0.15) is 37.3 Å². The minimum absolute atomic E-state index is 0.00201. The van der Waals surface area contributed by atoms with Crippen LogP contribution in [0.5, 0.6) is 5.75 Å². The van der Waals surface area contributed by atoms with Crippen molar-refractivity contribution in [2.75, 3.05) is 25.1 Å². The molecule has 1 saturated heterocycles. The summed E-state index contributed by atoms with van der Waals surface area (Å²) in [6.45, 7) is 5.23. The van der Waals surface area contributed by atoms with Gasteiger partial charge in [0.15, 0.2) is 0 Å². The fourth-order valence-electron chi connectivity index (χ4n) is 3.55. The highest BCUT2D eigenvalue weighted by molar-refractivity contribution is 6.00. The van der Waals surface area contributed by atoms with Gasteiger partial charge in [-0.3, -0.25) is 9.59 Å². The smallest absolute Gasteiger partial charge is 0.227 e. The maximum Gasteiger partial charge on any atom is 0.227 e. The number of ether oxygens (including phenoxy) is 1. The Hall–Kier alpha value is -2.82. The third kappa shape index (κ3) is 4.53. The Bertz CT molecular complexity index is 830. The molecule has 0 aliphatic carbocycles. The molecule has 1 aliphatic heterocycles. The summed E-state index contributed by atoms with van der Waals surface area (Å²) >= 11 is 0. The van der Waals surface area contributed by atoms with Crippen LogP contribution >= 0.6 is 0 Å². The molecule has 1 heterocycles. The van der Waals surface area contributed by atoms with Gasteiger partial charge in [0.25, 0.3) is 0 Å². The molecule has 2 amide bonds. The standard InChI is InChI=1S/C23H28N2O3/c1-16(2)17-8-10-20(11-9-17)25-15-19(14-22(25)26)23(27)24-13-12-18-6-4-5-7-21(18)28-3/h4-11,16,19H,12-15H2,1-3H3,(H,24,27). The number of nitrogens with zero attached hydrogens (tertiary/aromatic N) is 1. The maximum atomic E-state index is 12.5. The first-order valence-electron chi connectivity index (χ1n) is 9.79. The summed E-state index contributed by atoms with van der Waals surface area (Å²) in [4.78, 5) is 26.7. The zero-order valence-electron chi connectivity index (χ0n) is 16.8. The highest BCUT2D eigenvalue weighted by atomic mass is 16.5. The van der Waals surface area contributed by atoms with Gasteiger partial charge in [-0.15, -0.1) is 0 Å². The Labute approximate surface area is 166 Å². The summed E-state index contributed by atoms with van der Waals surface area (Å²) in [5.74, 6) is 0.899. The van der Waals surface area contributed by atoms with Crippen molar-refractivity contribution in [2.45, 2.75) is 32.6 Å². The molecule has 5 heteroatoms. The fourth-order valence-corrected chi connectivity index (χ4v) is 3.55. The van der Waals surface area contributed by atoms with Gasteiger partial charge in [-0.2, -0.15) is 0 Å². The molecule has 28 heavy (non-hydrogen) atoms. The molecule has 1 atom stereocenters.